The maximum absolute atomic E-state index is 12.7. The first-order chi connectivity index (χ1) is 13.6. The average Bonchev–Trinajstić information content (AvgIpc) is 3.44. The van der Waals surface area contributed by atoms with Crippen LogP contribution in [0.15, 0.2) is 48.5 Å². The van der Waals surface area contributed by atoms with Gasteiger partial charge in [0, 0.05) is 29.7 Å². The van der Waals surface area contributed by atoms with Gasteiger partial charge in [0.2, 0.25) is 11.8 Å². The molecule has 2 aromatic rings. The maximum atomic E-state index is 12.7. The van der Waals surface area contributed by atoms with E-state index in [2.05, 4.69) is 21.5 Å². The highest BCUT2D eigenvalue weighted by Gasteiger charge is 2.33. The normalized spacial score (nSPS) is 21.3. The van der Waals surface area contributed by atoms with E-state index in [1.165, 1.54) is 0 Å². The molecule has 0 bridgehead atoms. The molecule has 146 valence electrons. The molecule has 2 amide bonds. The van der Waals surface area contributed by atoms with E-state index in [0.717, 1.165) is 29.7 Å². The van der Waals surface area contributed by atoms with Crippen molar-refractivity contribution < 1.29 is 9.59 Å². The lowest BCUT2D eigenvalue weighted by atomic mass is 9.94. The van der Waals surface area contributed by atoms with Crippen LogP contribution in [0.2, 0.25) is 5.02 Å². The molecule has 1 heterocycles. The minimum Gasteiger partial charge on any atom is -0.352 e. The first-order valence-electron chi connectivity index (χ1n) is 9.51. The number of benzene rings is 2. The highest BCUT2D eigenvalue weighted by Crippen LogP contribution is 2.30. The predicted octanol–water partition coefficient (Wildman–Crippen LogP) is 2.77. The molecular weight excluding hydrogens is 376 g/mol. The number of hydrogen-bond donors (Lipinski definition) is 4. The number of carbonyl (C=O) groups is 2. The first-order valence-corrected chi connectivity index (χ1v) is 9.89. The fourth-order valence-electron chi connectivity index (χ4n) is 3.40. The van der Waals surface area contributed by atoms with Crippen LogP contribution in [0.5, 0.6) is 0 Å². The summed E-state index contributed by atoms with van der Waals surface area (Å²) < 4.78 is 0. The summed E-state index contributed by atoms with van der Waals surface area (Å²) in [5, 5.41) is 6.62. The number of carbonyl (C=O) groups excluding carboxylic acids is 2. The van der Waals surface area contributed by atoms with Gasteiger partial charge in [-0.25, -0.2) is 5.43 Å². The quantitative estimate of drug-likeness (QED) is 0.603. The molecule has 0 radical (unpaired) electrons. The largest absolute Gasteiger partial charge is 0.352 e. The SMILES string of the molecule is O=C(Nc1cccc(CNC(=O)C2CNNC2c2ccc(Cl)cc2)c1)C1CC1. The number of hydrazine groups is 1. The van der Waals surface area contributed by atoms with Crippen molar-refractivity contribution in [1.29, 1.82) is 0 Å². The molecule has 0 spiro atoms. The second-order valence-corrected chi connectivity index (χ2v) is 7.78. The van der Waals surface area contributed by atoms with E-state index < -0.39 is 0 Å². The molecule has 2 aliphatic rings. The molecule has 6 nitrogen and oxygen atoms in total. The second-order valence-electron chi connectivity index (χ2n) is 7.34. The summed E-state index contributed by atoms with van der Waals surface area (Å²) in [6.07, 6.45) is 1.94. The third-order valence-corrected chi connectivity index (χ3v) is 5.41. The lowest BCUT2D eigenvalue weighted by Gasteiger charge is -2.18. The van der Waals surface area contributed by atoms with Gasteiger partial charge in [0.05, 0.1) is 12.0 Å². The van der Waals surface area contributed by atoms with E-state index in [4.69, 9.17) is 11.6 Å². The minimum atomic E-state index is -0.223. The van der Waals surface area contributed by atoms with Crippen LogP contribution in [0.3, 0.4) is 0 Å². The van der Waals surface area contributed by atoms with Crippen molar-refractivity contribution in [2.45, 2.75) is 25.4 Å². The summed E-state index contributed by atoms with van der Waals surface area (Å²) in [4.78, 5) is 24.7. The molecule has 1 saturated carbocycles. The smallest absolute Gasteiger partial charge is 0.227 e. The minimum absolute atomic E-state index is 0.0233. The second kappa shape index (κ2) is 8.31. The summed E-state index contributed by atoms with van der Waals surface area (Å²) in [6, 6.07) is 15.0. The summed E-state index contributed by atoms with van der Waals surface area (Å²) in [6.45, 7) is 0.965. The maximum Gasteiger partial charge on any atom is 0.227 e. The van der Waals surface area contributed by atoms with E-state index in [-0.39, 0.29) is 29.7 Å². The lowest BCUT2D eigenvalue weighted by Crippen LogP contribution is -2.34. The molecule has 7 heteroatoms. The van der Waals surface area contributed by atoms with Gasteiger partial charge in [0.25, 0.3) is 0 Å². The molecule has 28 heavy (non-hydrogen) atoms. The Kier molecular flexibility index (Phi) is 5.62. The number of hydrogen-bond acceptors (Lipinski definition) is 4. The zero-order chi connectivity index (χ0) is 19.5. The number of anilines is 1. The molecule has 1 aliphatic heterocycles. The van der Waals surface area contributed by atoms with Gasteiger partial charge in [0.1, 0.15) is 0 Å². The van der Waals surface area contributed by atoms with Crippen molar-refractivity contribution in [2.75, 3.05) is 11.9 Å². The molecule has 4 rings (SSSR count). The zero-order valence-electron chi connectivity index (χ0n) is 15.4. The van der Waals surface area contributed by atoms with Crippen LogP contribution >= 0.6 is 11.6 Å². The molecule has 2 atom stereocenters. The van der Waals surface area contributed by atoms with Crippen LogP contribution < -0.4 is 21.5 Å². The molecule has 2 aromatic carbocycles. The summed E-state index contributed by atoms with van der Waals surface area (Å²) in [5.41, 5.74) is 8.97. The van der Waals surface area contributed by atoms with Gasteiger partial charge < -0.3 is 10.6 Å². The molecular formula is C21H23ClN4O2. The molecule has 0 aromatic heterocycles. The predicted molar refractivity (Wildman–Crippen MR) is 108 cm³/mol. The number of rotatable bonds is 6. The van der Waals surface area contributed by atoms with Gasteiger partial charge in [-0.05, 0) is 48.2 Å². The zero-order valence-corrected chi connectivity index (χ0v) is 16.1. The molecule has 2 fully saturated rings. The van der Waals surface area contributed by atoms with Gasteiger partial charge in [0.15, 0.2) is 0 Å². The third kappa shape index (κ3) is 4.52. The molecule has 1 saturated heterocycles. The van der Waals surface area contributed by atoms with Crippen LogP contribution in [0.25, 0.3) is 0 Å². The summed E-state index contributed by atoms with van der Waals surface area (Å²) in [7, 11) is 0. The van der Waals surface area contributed by atoms with E-state index >= 15 is 0 Å². The Morgan fingerprint density at radius 1 is 1.07 bits per heavy atom. The van der Waals surface area contributed by atoms with E-state index in [1.807, 2.05) is 48.5 Å². The summed E-state index contributed by atoms with van der Waals surface area (Å²) in [5.74, 6) is -0.00517. The number of amides is 2. The van der Waals surface area contributed by atoms with Crippen molar-refractivity contribution in [3.05, 3.63) is 64.7 Å². The van der Waals surface area contributed by atoms with Crippen LogP contribution in [-0.2, 0) is 16.1 Å². The van der Waals surface area contributed by atoms with Gasteiger partial charge >= 0.3 is 0 Å². The van der Waals surface area contributed by atoms with E-state index in [0.29, 0.717) is 18.1 Å². The molecule has 1 aliphatic carbocycles. The van der Waals surface area contributed by atoms with Crippen molar-refractivity contribution in [3.63, 3.8) is 0 Å². The Morgan fingerprint density at radius 3 is 2.61 bits per heavy atom. The van der Waals surface area contributed by atoms with Crippen LogP contribution in [0.4, 0.5) is 5.69 Å². The fourth-order valence-corrected chi connectivity index (χ4v) is 3.52. The van der Waals surface area contributed by atoms with E-state index in [1.54, 1.807) is 0 Å². The number of nitrogens with one attached hydrogen (secondary N) is 4. The third-order valence-electron chi connectivity index (χ3n) is 5.16. The van der Waals surface area contributed by atoms with Gasteiger partial charge in [-0.3, -0.25) is 15.0 Å². The first kappa shape index (κ1) is 18.9. The molecule has 4 N–H and O–H groups in total. The van der Waals surface area contributed by atoms with Crippen molar-refractivity contribution >= 4 is 29.1 Å². The Labute approximate surface area is 169 Å². The fraction of sp³-hybridized carbons (Fsp3) is 0.333. The monoisotopic (exact) mass is 398 g/mol. The molecule has 2 unspecified atom stereocenters. The summed E-state index contributed by atoms with van der Waals surface area (Å²) >= 11 is 5.96. The standard InChI is InChI=1S/C21H23ClN4O2/c22-16-8-6-14(7-9-16)19-18(12-24-26-19)21(28)23-11-13-2-1-3-17(10-13)25-20(27)15-4-5-15/h1-3,6-10,15,18-19,24,26H,4-5,11-12H2,(H,23,28)(H,25,27). The van der Waals surface area contributed by atoms with Crippen molar-refractivity contribution in [3.8, 4) is 0 Å². The number of halogens is 1. The Balaban J connectivity index is 1.35. The Hall–Kier alpha value is -2.41. The highest BCUT2D eigenvalue weighted by atomic mass is 35.5. The average molecular weight is 399 g/mol. The highest BCUT2D eigenvalue weighted by molar-refractivity contribution is 6.30. The van der Waals surface area contributed by atoms with Crippen LogP contribution in [0, 0.1) is 11.8 Å². The Bertz CT molecular complexity index is 867. The Morgan fingerprint density at radius 2 is 1.86 bits per heavy atom. The van der Waals surface area contributed by atoms with Crippen LogP contribution in [0.1, 0.15) is 30.0 Å². The van der Waals surface area contributed by atoms with Gasteiger partial charge in [-0.15, -0.1) is 0 Å². The topological polar surface area (TPSA) is 82.3 Å². The van der Waals surface area contributed by atoms with Gasteiger partial charge in [-0.2, -0.15) is 0 Å². The van der Waals surface area contributed by atoms with Crippen LogP contribution in [-0.4, -0.2) is 18.4 Å². The van der Waals surface area contributed by atoms with Crippen molar-refractivity contribution in [2.24, 2.45) is 11.8 Å². The lowest BCUT2D eigenvalue weighted by molar-refractivity contribution is -0.125. The van der Waals surface area contributed by atoms with E-state index in [9.17, 15) is 9.59 Å². The van der Waals surface area contributed by atoms with Gasteiger partial charge in [-0.1, -0.05) is 35.9 Å². The van der Waals surface area contributed by atoms with Crippen molar-refractivity contribution in [1.82, 2.24) is 16.2 Å².